The van der Waals surface area contributed by atoms with Crippen molar-refractivity contribution in [1.82, 2.24) is 9.55 Å². The van der Waals surface area contributed by atoms with Gasteiger partial charge in [-0.1, -0.05) is 37.2 Å². The van der Waals surface area contributed by atoms with Gasteiger partial charge in [-0.05, 0) is 31.4 Å². The molecule has 1 saturated heterocycles. The first-order valence-corrected chi connectivity index (χ1v) is 9.02. The molecule has 2 aromatic rings. The van der Waals surface area contributed by atoms with Gasteiger partial charge in [0.25, 0.3) is 5.56 Å². The molecule has 1 aromatic carbocycles. The van der Waals surface area contributed by atoms with E-state index in [1.807, 2.05) is 28.8 Å². The van der Waals surface area contributed by atoms with Crippen molar-refractivity contribution in [3.05, 3.63) is 34.6 Å². The number of nitrogens with zero attached hydrogens (tertiary/aromatic N) is 2. The molecule has 0 aliphatic carbocycles. The quantitative estimate of drug-likeness (QED) is 0.465. The van der Waals surface area contributed by atoms with Crippen LogP contribution in [0.3, 0.4) is 0 Å². The second-order valence-corrected chi connectivity index (χ2v) is 6.73. The summed E-state index contributed by atoms with van der Waals surface area (Å²) in [5.74, 6) is 0.993. The minimum Gasteiger partial charge on any atom is -0.376 e. The molecule has 0 N–H and O–H groups in total. The lowest BCUT2D eigenvalue weighted by molar-refractivity contribution is 0.0937. The second kappa shape index (κ2) is 7.29. The lowest BCUT2D eigenvalue weighted by Crippen LogP contribution is -2.28. The Morgan fingerprint density at radius 1 is 1.41 bits per heavy atom. The Balaban J connectivity index is 1.98. The predicted molar refractivity (Wildman–Crippen MR) is 90.6 cm³/mol. The van der Waals surface area contributed by atoms with Crippen LogP contribution in [0, 0.1) is 0 Å². The van der Waals surface area contributed by atoms with Crippen LogP contribution >= 0.6 is 11.8 Å². The van der Waals surface area contributed by atoms with Gasteiger partial charge >= 0.3 is 0 Å². The number of hydrogen-bond donors (Lipinski definition) is 0. The number of unbranched alkanes of at least 4 members (excludes halogenated alkanes) is 1. The Labute approximate surface area is 134 Å². The first-order chi connectivity index (χ1) is 10.8. The molecule has 5 heteroatoms. The minimum absolute atomic E-state index is 0.0556. The predicted octanol–water partition coefficient (Wildman–Crippen LogP) is 3.47. The monoisotopic (exact) mass is 318 g/mol. The fraction of sp³-hybridized carbons (Fsp3) is 0.529. The third-order valence-electron chi connectivity index (χ3n) is 3.97. The standard InChI is InChI=1S/C17H22N2O2S/c1-2-3-11-22-17-18-15-9-5-4-8-14(15)16(20)19(17)12-13-7-6-10-21-13/h4-5,8-9,13H,2-3,6-7,10-12H2,1H3. The largest absolute Gasteiger partial charge is 0.376 e. The molecule has 0 radical (unpaired) electrons. The molecule has 0 saturated carbocycles. The smallest absolute Gasteiger partial charge is 0.262 e. The van der Waals surface area contributed by atoms with Crippen molar-refractivity contribution in [3.8, 4) is 0 Å². The summed E-state index contributed by atoms with van der Waals surface area (Å²) >= 11 is 1.68. The highest BCUT2D eigenvalue weighted by atomic mass is 32.2. The highest BCUT2D eigenvalue weighted by Crippen LogP contribution is 2.21. The number of aromatic nitrogens is 2. The van der Waals surface area contributed by atoms with Crippen molar-refractivity contribution in [2.45, 2.75) is 50.4 Å². The first-order valence-electron chi connectivity index (χ1n) is 8.03. The van der Waals surface area contributed by atoms with Crippen LogP contribution in [-0.2, 0) is 11.3 Å². The average molecular weight is 318 g/mol. The number of benzene rings is 1. The Morgan fingerprint density at radius 3 is 3.05 bits per heavy atom. The Morgan fingerprint density at radius 2 is 2.27 bits per heavy atom. The van der Waals surface area contributed by atoms with E-state index < -0.39 is 0 Å². The summed E-state index contributed by atoms with van der Waals surface area (Å²) in [5.41, 5.74) is 0.843. The van der Waals surface area contributed by atoms with Crippen LogP contribution in [0.5, 0.6) is 0 Å². The van der Waals surface area contributed by atoms with Crippen molar-refractivity contribution in [1.29, 1.82) is 0 Å². The zero-order chi connectivity index (χ0) is 15.4. The van der Waals surface area contributed by atoms with Crippen molar-refractivity contribution in [2.24, 2.45) is 0 Å². The van der Waals surface area contributed by atoms with Gasteiger partial charge < -0.3 is 4.74 Å². The topological polar surface area (TPSA) is 44.1 Å². The molecular formula is C17H22N2O2S. The van der Waals surface area contributed by atoms with E-state index in [0.717, 1.165) is 48.7 Å². The van der Waals surface area contributed by atoms with Crippen molar-refractivity contribution in [2.75, 3.05) is 12.4 Å². The van der Waals surface area contributed by atoms with Crippen LogP contribution in [0.2, 0.25) is 0 Å². The lowest BCUT2D eigenvalue weighted by atomic mass is 10.2. The molecule has 118 valence electrons. The molecule has 22 heavy (non-hydrogen) atoms. The zero-order valence-corrected chi connectivity index (χ0v) is 13.8. The summed E-state index contributed by atoms with van der Waals surface area (Å²) in [5, 5.41) is 1.52. The van der Waals surface area contributed by atoms with Crippen LogP contribution in [0.4, 0.5) is 0 Å². The molecular weight excluding hydrogens is 296 g/mol. The second-order valence-electron chi connectivity index (χ2n) is 5.66. The van der Waals surface area contributed by atoms with E-state index in [0.29, 0.717) is 11.9 Å². The van der Waals surface area contributed by atoms with E-state index in [9.17, 15) is 4.79 Å². The molecule has 1 fully saturated rings. The average Bonchev–Trinajstić information content (AvgIpc) is 3.04. The fourth-order valence-corrected chi connectivity index (χ4v) is 3.81. The van der Waals surface area contributed by atoms with E-state index in [1.54, 1.807) is 11.8 Å². The molecule has 1 aliphatic heterocycles. The number of rotatable bonds is 6. The van der Waals surface area contributed by atoms with E-state index in [1.165, 1.54) is 0 Å². The molecule has 0 bridgehead atoms. The Hall–Kier alpha value is -1.33. The normalized spacial score (nSPS) is 18.1. The summed E-state index contributed by atoms with van der Waals surface area (Å²) in [4.78, 5) is 17.5. The van der Waals surface area contributed by atoms with Gasteiger partial charge in [0, 0.05) is 12.4 Å². The molecule has 0 amide bonds. The molecule has 1 aliphatic rings. The number of ether oxygens (including phenoxy) is 1. The molecule has 1 aromatic heterocycles. The SMILES string of the molecule is CCCCSc1nc2ccccc2c(=O)n1CC1CCCO1. The van der Waals surface area contributed by atoms with Crippen LogP contribution in [0.15, 0.2) is 34.2 Å². The number of thioether (sulfide) groups is 1. The Bertz CT molecular complexity index is 693. The first kappa shape index (κ1) is 15.6. The minimum atomic E-state index is 0.0556. The van der Waals surface area contributed by atoms with Gasteiger partial charge in [0.15, 0.2) is 5.16 Å². The van der Waals surface area contributed by atoms with E-state index in [2.05, 4.69) is 6.92 Å². The maximum absolute atomic E-state index is 12.8. The third-order valence-corrected chi connectivity index (χ3v) is 5.03. The van der Waals surface area contributed by atoms with E-state index in [4.69, 9.17) is 9.72 Å². The number of fused-ring (bicyclic) bond motifs is 1. The number of para-hydroxylation sites is 1. The molecule has 4 nitrogen and oxygen atoms in total. The zero-order valence-electron chi connectivity index (χ0n) is 13.0. The van der Waals surface area contributed by atoms with Gasteiger partial charge in [0.2, 0.25) is 0 Å². The molecule has 1 atom stereocenters. The van der Waals surface area contributed by atoms with E-state index >= 15 is 0 Å². The summed E-state index contributed by atoms with van der Waals surface area (Å²) in [6.45, 7) is 3.59. The maximum Gasteiger partial charge on any atom is 0.262 e. The summed E-state index contributed by atoms with van der Waals surface area (Å²) < 4.78 is 7.53. The lowest BCUT2D eigenvalue weighted by Gasteiger charge is -2.16. The van der Waals surface area contributed by atoms with Gasteiger partial charge in [-0.15, -0.1) is 0 Å². The Kier molecular flexibility index (Phi) is 5.16. The number of hydrogen-bond acceptors (Lipinski definition) is 4. The molecule has 0 spiro atoms. The molecule has 2 heterocycles. The molecule has 3 rings (SSSR count). The summed E-state index contributed by atoms with van der Waals surface area (Å²) in [6, 6.07) is 7.60. The van der Waals surface area contributed by atoms with E-state index in [-0.39, 0.29) is 11.7 Å². The summed E-state index contributed by atoms with van der Waals surface area (Å²) in [6.07, 6.45) is 4.53. The molecule has 1 unspecified atom stereocenters. The van der Waals surface area contributed by atoms with Crippen molar-refractivity contribution < 1.29 is 4.74 Å². The third kappa shape index (κ3) is 3.36. The highest BCUT2D eigenvalue weighted by molar-refractivity contribution is 7.99. The fourth-order valence-electron chi connectivity index (χ4n) is 2.72. The van der Waals surface area contributed by atoms with Crippen LogP contribution < -0.4 is 5.56 Å². The van der Waals surface area contributed by atoms with Gasteiger partial charge in [0.1, 0.15) is 0 Å². The van der Waals surface area contributed by atoms with Gasteiger partial charge in [-0.3, -0.25) is 9.36 Å². The maximum atomic E-state index is 12.8. The van der Waals surface area contributed by atoms with Crippen molar-refractivity contribution >= 4 is 22.7 Å². The summed E-state index contributed by atoms with van der Waals surface area (Å²) in [7, 11) is 0. The van der Waals surface area contributed by atoms with Gasteiger partial charge in [-0.25, -0.2) is 4.98 Å². The van der Waals surface area contributed by atoms with Gasteiger partial charge in [-0.2, -0.15) is 0 Å². The van der Waals surface area contributed by atoms with Crippen LogP contribution in [0.1, 0.15) is 32.6 Å². The highest BCUT2D eigenvalue weighted by Gasteiger charge is 2.20. The van der Waals surface area contributed by atoms with Crippen LogP contribution in [-0.4, -0.2) is 28.0 Å². The van der Waals surface area contributed by atoms with Crippen molar-refractivity contribution in [3.63, 3.8) is 0 Å². The van der Waals surface area contributed by atoms with Gasteiger partial charge in [0.05, 0.1) is 23.6 Å². The van der Waals surface area contributed by atoms with Crippen LogP contribution in [0.25, 0.3) is 10.9 Å².